The maximum Gasteiger partial charge on any atom is 0.319 e. The van der Waals surface area contributed by atoms with Crippen molar-refractivity contribution >= 4 is 40.1 Å². The molecule has 0 aliphatic heterocycles. The van der Waals surface area contributed by atoms with Crippen LogP contribution >= 0.6 is 0 Å². The molecular weight excluding hydrogens is 434 g/mol. The Balaban J connectivity index is 1.28. The highest BCUT2D eigenvalue weighted by Gasteiger charge is 2.23. The molecule has 0 unspecified atom stereocenters. The first-order valence-corrected chi connectivity index (χ1v) is 11.4. The predicted molar refractivity (Wildman–Crippen MR) is 133 cm³/mol. The van der Waals surface area contributed by atoms with Crippen LogP contribution in [0.25, 0.3) is 10.9 Å². The van der Waals surface area contributed by atoms with Crippen LogP contribution in [0.15, 0.2) is 48.5 Å². The van der Waals surface area contributed by atoms with Crippen LogP contribution < -0.4 is 20.9 Å². The molecule has 1 aliphatic rings. The lowest BCUT2D eigenvalue weighted by Gasteiger charge is -2.29. The quantitative estimate of drug-likeness (QED) is 0.350. The number of hydrogen-bond acceptors (Lipinski definition) is 7. The number of nitrogens with zero attached hydrogens (tertiary/aromatic N) is 4. The van der Waals surface area contributed by atoms with E-state index in [0.29, 0.717) is 18.4 Å². The highest BCUT2D eigenvalue weighted by atomic mass is 16.6. The van der Waals surface area contributed by atoms with Gasteiger partial charge in [-0.1, -0.05) is 24.3 Å². The molecule has 3 aromatic rings. The Hall–Kier alpha value is -3.95. The first-order valence-electron chi connectivity index (χ1n) is 11.4. The summed E-state index contributed by atoms with van der Waals surface area (Å²) in [4.78, 5) is 34.2. The van der Waals surface area contributed by atoms with E-state index in [2.05, 4.69) is 20.9 Å². The summed E-state index contributed by atoms with van der Waals surface area (Å²) in [5, 5.41) is 21.0. The maximum absolute atomic E-state index is 12.3. The van der Waals surface area contributed by atoms with Crippen molar-refractivity contribution in [2.75, 3.05) is 36.2 Å². The van der Waals surface area contributed by atoms with Crippen molar-refractivity contribution in [3.8, 4) is 0 Å². The molecule has 1 saturated carbocycles. The van der Waals surface area contributed by atoms with Gasteiger partial charge in [0.05, 0.1) is 10.4 Å². The lowest BCUT2D eigenvalue weighted by atomic mass is 9.86. The molecule has 0 bridgehead atoms. The van der Waals surface area contributed by atoms with Crippen LogP contribution in [0.1, 0.15) is 25.7 Å². The van der Waals surface area contributed by atoms with Gasteiger partial charge >= 0.3 is 6.03 Å². The van der Waals surface area contributed by atoms with Crippen molar-refractivity contribution in [1.82, 2.24) is 15.3 Å². The molecule has 1 fully saturated rings. The topological polar surface area (TPSA) is 125 Å². The van der Waals surface area contributed by atoms with Gasteiger partial charge in [-0.05, 0) is 49.8 Å². The minimum atomic E-state index is -0.509. The molecule has 3 N–H and O–H groups in total. The standard InChI is InChI=1S/C24H29N7O3/c1-30(2)22-18-7-3-4-8-19(18)27-23(29-22)26-17-13-11-16(12-14-17)15-25-24(32)28-20-9-5-6-10-21(20)31(33)34/h3-10,16-17H,11-15H2,1-2H3,(H2,25,28,32)(H,26,27,29)/t16-,17+. The number of anilines is 3. The third kappa shape index (κ3) is 5.51. The summed E-state index contributed by atoms with van der Waals surface area (Å²) in [6.45, 7) is 0.524. The Kier molecular flexibility index (Phi) is 7.05. The third-order valence-electron chi connectivity index (χ3n) is 6.09. The molecule has 0 radical (unpaired) electrons. The van der Waals surface area contributed by atoms with E-state index in [1.54, 1.807) is 12.1 Å². The van der Waals surface area contributed by atoms with Crippen molar-refractivity contribution in [3.63, 3.8) is 0 Å². The number of benzene rings is 2. The molecule has 2 amide bonds. The molecule has 10 nitrogen and oxygen atoms in total. The van der Waals surface area contributed by atoms with Crippen LogP contribution in [0.4, 0.5) is 27.9 Å². The fourth-order valence-corrected chi connectivity index (χ4v) is 4.30. The summed E-state index contributed by atoms with van der Waals surface area (Å²) < 4.78 is 0. The lowest BCUT2D eigenvalue weighted by Crippen LogP contribution is -2.36. The second kappa shape index (κ2) is 10.3. The number of nitro benzene ring substituents is 1. The van der Waals surface area contributed by atoms with E-state index in [9.17, 15) is 14.9 Å². The number of nitrogens with one attached hydrogen (secondary N) is 3. The van der Waals surface area contributed by atoms with Crippen molar-refractivity contribution in [1.29, 1.82) is 0 Å². The van der Waals surface area contributed by atoms with Crippen molar-refractivity contribution in [2.45, 2.75) is 31.7 Å². The van der Waals surface area contributed by atoms with E-state index in [0.717, 1.165) is 42.4 Å². The second-order valence-electron chi connectivity index (χ2n) is 8.75. The molecule has 0 atom stereocenters. The van der Waals surface area contributed by atoms with E-state index in [1.165, 1.54) is 12.1 Å². The first kappa shape index (κ1) is 23.2. The number of hydrogen-bond donors (Lipinski definition) is 3. The number of carbonyl (C=O) groups excluding carboxylic acids is 1. The van der Waals surface area contributed by atoms with Crippen molar-refractivity contribution in [2.24, 2.45) is 5.92 Å². The molecule has 178 valence electrons. The number of aromatic nitrogens is 2. The zero-order chi connectivity index (χ0) is 24.1. The SMILES string of the molecule is CN(C)c1nc(N[C@H]2CC[C@@H](CNC(=O)Nc3ccccc3[N+](=O)[O-])CC2)nc2ccccc12. The highest BCUT2D eigenvalue weighted by molar-refractivity contribution is 5.92. The monoisotopic (exact) mass is 463 g/mol. The fourth-order valence-electron chi connectivity index (χ4n) is 4.30. The predicted octanol–water partition coefficient (Wildman–Crippen LogP) is 4.40. The van der Waals surface area contributed by atoms with Gasteiger partial charge in [0, 0.05) is 38.1 Å². The summed E-state index contributed by atoms with van der Waals surface area (Å²) >= 11 is 0. The second-order valence-corrected chi connectivity index (χ2v) is 8.75. The molecule has 0 spiro atoms. The van der Waals surface area contributed by atoms with E-state index in [-0.39, 0.29) is 17.4 Å². The average molecular weight is 464 g/mol. The number of amides is 2. The Morgan fingerprint density at radius 3 is 2.50 bits per heavy atom. The zero-order valence-electron chi connectivity index (χ0n) is 19.3. The average Bonchev–Trinajstić information content (AvgIpc) is 2.83. The van der Waals surface area contributed by atoms with Crippen molar-refractivity contribution in [3.05, 3.63) is 58.6 Å². The molecular formula is C24H29N7O3. The van der Waals surface area contributed by atoms with Crippen LogP contribution in [-0.2, 0) is 0 Å². The Morgan fingerprint density at radius 2 is 1.76 bits per heavy atom. The van der Waals surface area contributed by atoms with Gasteiger partial charge in [0.25, 0.3) is 5.69 Å². The lowest BCUT2D eigenvalue weighted by molar-refractivity contribution is -0.383. The van der Waals surface area contributed by atoms with Gasteiger partial charge in [-0.15, -0.1) is 0 Å². The minimum Gasteiger partial charge on any atom is -0.362 e. The minimum absolute atomic E-state index is 0.127. The van der Waals surface area contributed by atoms with Gasteiger partial charge in [0.2, 0.25) is 5.95 Å². The number of urea groups is 1. The van der Waals surface area contributed by atoms with Crippen LogP contribution in [-0.4, -0.2) is 47.6 Å². The molecule has 1 aromatic heterocycles. The highest BCUT2D eigenvalue weighted by Crippen LogP contribution is 2.28. The number of carbonyl (C=O) groups is 1. The number of nitro groups is 1. The van der Waals surface area contributed by atoms with Crippen LogP contribution in [0.3, 0.4) is 0 Å². The van der Waals surface area contributed by atoms with Gasteiger partial charge in [-0.2, -0.15) is 4.98 Å². The van der Waals surface area contributed by atoms with Crippen LogP contribution in [0, 0.1) is 16.0 Å². The summed E-state index contributed by atoms with van der Waals surface area (Å²) in [5.41, 5.74) is 0.967. The number of fused-ring (bicyclic) bond motifs is 1. The van der Waals surface area contributed by atoms with Gasteiger partial charge in [0.1, 0.15) is 11.5 Å². The van der Waals surface area contributed by atoms with Crippen LogP contribution in [0.5, 0.6) is 0 Å². The Bertz CT molecular complexity index is 1180. The van der Waals surface area contributed by atoms with E-state index in [1.807, 2.05) is 43.3 Å². The summed E-state index contributed by atoms with van der Waals surface area (Å²) in [7, 11) is 3.95. The smallest absolute Gasteiger partial charge is 0.319 e. The van der Waals surface area contributed by atoms with Crippen LogP contribution in [0.2, 0.25) is 0 Å². The summed E-state index contributed by atoms with van der Waals surface area (Å²) in [6, 6.07) is 13.9. The number of para-hydroxylation sites is 3. The molecule has 34 heavy (non-hydrogen) atoms. The summed E-state index contributed by atoms with van der Waals surface area (Å²) in [5.74, 6) is 1.87. The largest absolute Gasteiger partial charge is 0.362 e. The van der Waals surface area contributed by atoms with E-state index in [4.69, 9.17) is 4.98 Å². The number of rotatable bonds is 7. The molecule has 0 saturated heterocycles. The molecule has 4 rings (SSSR count). The molecule has 1 aliphatic carbocycles. The van der Waals surface area contributed by atoms with E-state index >= 15 is 0 Å². The van der Waals surface area contributed by atoms with Gasteiger partial charge in [-0.3, -0.25) is 10.1 Å². The first-order chi connectivity index (χ1) is 16.4. The molecule has 1 heterocycles. The third-order valence-corrected chi connectivity index (χ3v) is 6.09. The zero-order valence-corrected chi connectivity index (χ0v) is 19.3. The Labute approximate surface area is 197 Å². The van der Waals surface area contributed by atoms with Gasteiger partial charge in [-0.25, -0.2) is 9.78 Å². The van der Waals surface area contributed by atoms with Gasteiger partial charge < -0.3 is 20.9 Å². The Morgan fingerprint density at radius 1 is 1.06 bits per heavy atom. The van der Waals surface area contributed by atoms with Gasteiger partial charge in [0.15, 0.2) is 0 Å². The van der Waals surface area contributed by atoms with Crippen molar-refractivity contribution < 1.29 is 9.72 Å². The normalized spacial score (nSPS) is 17.7. The summed E-state index contributed by atoms with van der Waals surface area (Å²) in [6.07, 6.45) is 3.81. The molecule has 2 aromatic carbocycles. The fraction of sp³-hybridized carbons (Fsp3) is 0.375. The molecule has 10 heteroatoms. The van der Waals surface area contributed by atoms with E-state index < -0.39 is 11.0 Å². The maximum atomic E-state index is 12.3.